The molecule has 1 heterocycles. The molecule has 0 unspecified atom stereocenters. The van der Waals surface area contributed by atoms with Crippen LogP contribution in [0.5, 0.6) is 0 Å². The van der Waals surface area contributed by atoms with E-state index in [0.29, 0.717) is 6.54 Å². The molecule has 3 nitrogen and oxygen atoms in total. The van der Waals surface area contributed by atoms with Crippen LogP contribution in [0.1, 0.15) is 44.6 Å². The maximum atomic E-state index is 13.0. The van der Waals surface area contributed by atoms with Crippen molar-refractivity contribution in [1.29, 1.82) is 0 Å². The Morgan fingerprint density at radius 1 is 1.32 bits per heavy atom. The van der Waals surface area contributed by atoms with Crippen LogP contribution in [0, 0.1) is 5.82 Å². The molecule has 4 heteroatoms. The average molecular weight is 306 g/mol. The molecule has 1 aliphatic heterocycles. The maximum absolute atomic E-state index is 13.0. The molecule has 1 aromatic rings. The first-order chi connectivity index (χ1) is 10.6. The predicted molar refractivity (Wildman–Crippen MR) is 87.0 cm³/mol. The normalized spacial score (nSPS) is 19.1. The molecular weight excluding hydrogens is 279 g/mol. The minimum absolute atomic E-state index is 0.0192. The van der Waals surface area contributed by atoms with E-state index in [4.69, 9.17) is 0 Å². The van der Waals surface area contributed by atoms with Gasteiger partial charge in [0.1, 0.15) is 5.82 Å². The second-order valence-electron chi connectivity index (χ2n) is 6.22. The van der Waals surface area contributed by atoms with Gasteiger partial charge in [-0.15, -0.1) is 0 Å². The van der Waals surface area contributed by atoms with Crippen LogP contribution >= 0.6 is 0 Å². The topological polar surface area (TPSA) is 23.6 Å². The zero-order valence-electron chi connectivity index (χ0n) is 13.7. The van der Waals surface area contributed by atoms with E-state index in [1.807, 2.05) is 7.05 Å². The quantitative estimate of drug-likeness (QED) is 0.804. The van der Waals surface area contributed by atoms with E-state index in [1.165, 1.54) is 18.6 Å². The van der Waals surface area contributed by atoms with Crippen molar-refractivity contribution < 1.29 is 9.18 Å². The standard InChI is InChI=1S/C18H27FN2O/c1-3-4-12-21-13-6-5-7-17(21)18(22)20(2)14-15-8-10-16(19)11-9-15/h8-11,17H,3-7,12-14H2,1-2H3/t17-/m0/s1. The first-order valence-corrected chi connectivity index (χ1v) is 8.35. The lowest BCUT2D eigenvalue weighted by atomic mass is 10.00. The number of unbranched alkanes of at least 4 members (excludes halogenated alkanes) is 1. The van der Waals surface area contributed by atoms with E-state index in [2.05, 4.69) is 11.8 Å². The highest BCUT2D eigenvalue weighted by Crippen LogP contribution is 2.20. The molecule has 1 fully saturated rings. The molecular formula is C18H27FN2O. The zero-order chi connectivity index (χ0) is 15.9. The fourth-order valence-corrected chi connectivity index (χ4v) is 3.10. The maximum Gasteiger partial charge on any atom is 0.239 e. The van der Waals surface area contributed by atoms with Crippen LogP contribution in [0.15, 0.2) is 24.3 Å². The summed E-state index contributed by atoms with van der Waals surface area (Å²) in [7, 11) is 1.85. The van der Waals surface area contributed by atoms with Crippen molar-refractivity contribution in [3.63, 3.8) is 0 Å². The molecule has 1 saturated heterocycles. The number of benzene rings is 1. The number of likely N-dealkylation sites (tertiary alicyclic amines) is 1. The Kier molecular flexibility index (Phi) is 6.37. The van der Waals surface area contributed by atoms with Gasteiger partial charge in [0, 0.05) is 13.6 Å². The molecule has 122 valence electrons. The van der Waals surface area contributed by atoms with Crippen molar-refractivity contribution in [2.24, 2.45) is 0 Å². The Hall–Kier alpha value is -1.42. The summed E-state index contributed by atoms with van der Waals surface area (Å²) in [5.74, 6) is -0.0455. The molecule has 0 spiro atoms. The first-order valence-electron chi connectivity index (χ1n) is 8.35. The van der Waals surface area contributed by atoms with Crippen LogP contribution in [-0.2, 0) is 11.3 Å². The van der Waals surface area contributed by atoms with Crippen LogP contribution in [0.25, 0.3) is 0 Å². The Morgan fingerprint density at radius 2 is 2.05 bits per heavy atom. The minimum atomic E-state index is -0.240. The van der Waals surface area contributed by atoms with E-state index in [9.17, 15) is 9.18 Å². The number of halogens is 1. The molecule has 0 aliphatic carbocycles. The highest BCUT2D eigenvalue weighted by molar-refractivity contribution is 5.81. The van der Waals surface area contributed by atoms with Gasteiger partial charge in [-0.1, -0.05) is 31.9 Å². The second kappa shape index (κ2) is 8.28. The van der Waals surface area contributed by atoms with Crippen molar-refractivity contribution in [3.05, 3.63) is 35.6 Å². The Morgan fingerprint density at radius 3 is 2.73 bits per heavy atom. The predicted octanol–water partition coefficient (Wildman–Crippen LogP) is 3.44. The lowest BCUT2D eigenvalue weighted by Gasteiger charge is -2.36. The molecule has 1 amide bonds. The largest absolute Gasteiger partial charge is 0.340 e. The van der Waals surface area contributed by atoms with E-state index >= 15 is 0 Å². The fourth-order valence-electron chi connectivity index (χ4n) is 3.10. The smallest absolute Gasteiger partial charge is 0.239 e. The van der Waals surface area contributed by atoms with Gasteiger partial charge in [-0.2, -0.15) is 0 Å². The summed E-state index contributed by atoms with van der Waals surface area (Å²) in [5.41, 5.74) is 0.966. The zero-order valence-corrected chi connectivity index (χ0v) is 13.7. The number of carbonyl (C=O) groups excluding carboxylic acids is 1. The van der Waals surface area contributed by atoms with Gasteiger partial charge in [-0.05, 0) is 50.0 Å². The number of piperidine rings is 1. The van der Waals surface area contributed by atoms with Gasteiger partial charge in [0.15, 0.2) is 0 Å². The van der Waals surface area contributed by atoms with Crippen molar-refractivity contribution in [2.45, 2.75) is 51.6 Å². The SMILES string of the molecule is CCCCN1CCCC[C@H]1C(=O)N(C)Cc1ccc(F)cc1. The van der Waals surface area contributed by atoms with Crippen LogP contribution in [0.2, 0.25) is 0 Å². The number of amides is 1. The van der Waals surface area contributed by atoms with Gasteiger partial charge in [-0.3, -0.25) is 9.69 Å². The van der Waals surface area contributed by atoms with E-state index < -0.39 is 0 Å². The van der Waals surface area contributed by atoms with Crippen molar-refractivity contribution >= 4 is 5.91 Å². The van der Waals surface area contributed by atoms with Crippen LogP contribution in [0.4, 0.5) is 4.39 Å². The lowest BCUT2D eigenvalue weighted by Crippen LogP contribution is -2.50. The van der Waals surface area contributed by atoms with Crippen LogP contribution < -0.4 is 0 Å². The first kappa shape index (κ1) is 16.9. The van der Waals surface area contributed by atoms with Crippen LogP contribution in [-0.4, -0.2) is 41.9 Å². The van der Waals surface area contributed by atoms with Gasteiger partial charge < -0.3 is 4.90 Å². The molecule has 1 aromatic carbocycles. The van der Waals surface area contributed by atoms with Crippen LogP contribution in [0.3, 0.4) is 0 Å². The summed E-state index contributed by atoms with van der Waals surface area (Å²) >= 11 is 0. The average Bonchev–Trinajstić information content (AvgIpc) is 2.54. The third kappa shape index (κ3) is 4.54. The Labute approximate surface area is 133 Å². The van der Waals surface area contributed by atoms with E-state index in [0.717, 1.165) is 44.3 Å². The molecule has 0 radical (unpaired) electrons. The highest BCUT2D eigenvalue weighted by Gasteiger charge is 2.30. The molecule has 1 aliphatic rings. The summed E-state index contributed by atoms with van der Waals surface area (Å²) < 4.78 is 13.0. The molecule has 0 aromatic heterocycles. The molecule has 2 rings (SSSR count). The number of nitrogens with zero attached hydrogens (tertiary/aromatic N) is 2. The third-order valence-corrected chi connectivity index (χ3v) is 4.41. The van der Waals surface area contributed by atoms with Crippen molar-refractivity contribution in [1.82, 2.24) is 9.80 Å². The van der Waals surface area contributed by atoms with E-state index in [-0.39, 0.29) is 17.8 Å². The monoisotopic (exact) mass is 306 g/mol. The molecule has 0 bridgehead atoms. The van der Waals surface area contributed by atoms with Crippen molar-refractivity contribution in [2.75, 3.05) is 20.1 Å². The van der Waals surface area contributed by atoms with Gasteiger partial charge in [0.2, 0.25) is 5.91 Å². The number of hydrogen-bond donors (Lipinski definition) is 0. The van der Waals surface area contributed by atoms with E-state index in [1.54, 1.807) is 17.0 Å². The second-order valence-corrected chi connectivity index (χ2v) is 6.22. The molecule has 1 atom stereocenters. The van der Waals surface area contributed by atoms with Gasteiger partial charge >= 0.3 is 0 Å². The highest BCUT2D eigenvalue weighted by atomic mass is 19.1. The Bertz CT molecular complexity index is 474. The minimum Gasteiger partial charge on any atom is -0.340 e. The number of rotatable bonds is 6. The van der Waals surface area contributed by atoms with Gasteiger partial charge in [0.25, 0.3) is 0 Å². The summed E-state index contributed by atoms with van der Waals surface area (Å²) in [6, 6.07) is 6.40. The number of carbonyl (C=O) groups is 1. The summed E-state index contributed by atoms with van der Waals surface area (Å²) in [6.45, 7) is 4.76. The number of hydrogen-bond acceptors (Lipinski definition) is 2. The summed E-state index contributed by atoms with van der Waals surface area (Å²) in [5, 5.41) is 0. The summed E-state index contributed by atoms with van der Waals surface area (Å²) in [6.07, 6.45) is 5.57. The lowest BCUT2D eigenvalue weighted by molar-refractivity contribution is -0.137. The van der Waals surface area contributed by atoms with Gasteiger partial charge in [-0.25, -0.2) is 4.39 Å². The fraction of sp³-hybridized carbons (Fsp3) is 0.611. The Balaban J connectivity index is 1.96. The third-order valence-electron chi connectivity index (χ3n) is 4.41. The molecule has 0 N–H and O–H groups in total. The summed E-state index contributed by atoms with van der Waals surface area (Å²) in [4.78, 5) is 16.9. The van der Waals surface area contributed by atoms with Crippen molar-refractivity contribution in [3.8, 4) is 0 Å². The van der Waals surface area contributed by atoms with Gasteiger partial charge in [0.05, 0.1) is 6.04 Å². The molecule has 22 heavy (non-hydrogen) atoms. The molecule has 0 saturated carbocycles. The number of likely N-dealkylation sites (N-methyl/N-ethyl adjacent to an activating group) is 1.